The van der Waals surface area contributed by atoms with Crippen molar-refractivity contribution < 1.29 is 13.2 Å². The first kappa shape index (κ1) is 19.5. The Morgan fingerprint density at radius 3 is 2.69 bits per heavy atom. The number of amides is 1. The van der Waals surface area contributed by atoms with Gasteiger partial charge in [-0.15, -0.1) is 10.2 Å². The first-order valence-electron chi connectivity index (χ1n) is 9.61. The Kier molecular flexibility index (Phi) is 5.33. The van der Waals surface area contributed by atoms with Crippen LogP contribution >= 0.6 is 0 Å². The molecule has 0 aliphatic carbocycles. The Labute approximate surface area is 169 Å². The second-order valence-electron chi connectivity index (χ2n) is 7.27. The summed E-state index contributed by atoms with van der Waals surface area (Å²) in [4.78, 5) is 14.8. The summed E-state index contributed by atoms with van der Waals surface area (Å²) >= 11 is 0. The molecule has 29 heavy (non-hydrogen) atoms. The molecule has 0 radical (unpaired) electrons. The van der Waals surface area contributed by atoms with Crippen LogP contribution in [-0.2, 0) is 14.8 Å². The monoisotopic (exact) mass is 413 g/mol. The first-order valence-corrected chi connectivity index (χ1v) is 11.1. The first-order chi connectivity index (χ1) is 14.0. The fourth-order valence-electron chi connectivity index (χ4n) is 3.75. The number of aromatic nitrogens is 3. The lowest BCUT2D eigenvalue weighted by Crippen LogP contribution is -2.49. The summed E-state index contributed by atoms with van der Waals surface area (Å²) < 4.78 is 29.5. The smallest absolute Gasteiger partial charge is 0.241 e. The molecule has 9 heteroatoms. The predicted molar refractivity (Wildman–Crippen MR) is 108 cm³/mol. The van der Waals surface area contributed by atoms with E-state index >= 15 is 0 Å². The van der Waals surface area contributed by atoms with Gasteiger partial charge in [0.2, 0.25) is 15.9 Å². The van der Waals surface area contributed by atoms with Crippen molar-refractivity contribution in [1.82, 2.24) is 24.2 Å². The van der Waals surface area contributed by atoms with Crippen molar-refractivity contribution >= 4 is 21.6 Å². The Hall–Kier alpha value is -2.78. The highest BCUT2D eigenvalue weighted by Crippen LogP contribution is 2.26. The summed E-state index contributed by atoms with van der Waals surface area (Å²) in [5.41, 5.74) is 0.773. The van der Waals surface area contributed by atoms with Crippen molar-refractivity contribution in [3.63, 3.8) is 0 Å². The fraction of sp³-hybridized carbons (Fsp3) is 0.350. The number of nitrogens with zero attached hydrogens (tertiary/aromatic N) is 4. The summed E-state index contributed by atoms with van der Waals surface area (Å²) in [5, 5.41) is 8.52. The van der Waals surface area contributed by atoms with Crippen LogP contribution in [0.5, 0.6) is 0 Å². The van der Waals surface area contributed by atoms with E-state index < -0.39 is 16.1 Å². The van der Waals surface area contributed by atoms with E-state index in [0.29, 0.717) is 13.1 Å². The van der Waals surface area contributed by atoms with Gasteiger partial charge in [0.25, 0.3) is 0 Å². The van der Waals surface area contributed by atoms with Crippen molar-refractivity contribution in [3.8, 4) is 0 Å². The zero-order valence-electron chi connectivity index (χ0n) is 16.1. The summed E-state index contributed by atoms with van der Waals surface area (Å²) in [5.74, 6) is 0.654. The maximum absolute atomic E-state index is 12.9. The fourth-order valence-corrected chi connectivity index (χ4v) is 4.97. The van der Waals surface area contributed by atoms with Crippen LogP contribution < -0.4 is 4.72 Å². The van der Waals surface area contributed by atoms with Crippen molar-refractivity contribution in [2.75, 3.05) is 13.1 Å². The minimum atomic E-state index is -3.75. The molecule has 1 N–H and O–H groups in total. The summed E-state index contributed by atoms with van der Waals surface area (Å²) in [6.07, 6.45) is 3.65. The predicted octanol–water partition coefficient (Wildman–Crippen LogP) is 1.80. The number of carbonyl (C=O) groups excluding carboxylic acids is 1. The highest BCUT2D eigenvalue weighted by molar-refractivity contribution is 7.89. The van der Waals surface area contributed by atoms with Gasteiger partial charge in [0.15, 0.2) is 5.65 Å². The number of sulfonamides is 1. The van der Waals surface area contributed by atoms with E-state index in [2.05, 4.69) is 14.9 Å². The Morgan fingerprint density at radius 2 is 1.90 bits per heavy atom. The lowest BCUT2D eigenvalue weighted by molar-refractivity contribution is -0.133. The third-order valence-corrected chi connectivity index (χ3v) is 6.75. The van der Waals surface area contributed by atoms with Crippen LogP contribution in [0.15, 0.2) is 59.6 Å². The average Bonchev–Trinajstić information content (AvgIpc) is 3.18. The number of pyridine rings is 1. The van der Waals surface area contributed by atoms with Crippen LogP contribution in [0.4, 0.5) is 0 Å². The van der Waals surface area contributed by atoms with E-state index in [0.717, 1.165) is 24.3 Å². The molecule has 1 aliphatic rings. The van der Waals surface area contributed by atoms with Crippen molar-refractivity contribution in [2.45, 2.75) is 36.6 Å². The largest absolute Gasteiger partial charge is 0.341 e. The van der Waals surface area contributed by atoms with Gasteiger partial charge in [-0.1, -0.05) is 24.3 Å². The van der Waals surface area contributed by atoms with Crippen molar-refractivity contribution in [3.05, 3.63) is 60.6 Å². The van der Waals surface area contributed by atoms with Crippen LogP contribution in [0.3, 0.4) is 0 Å². The van der Waals surface area contributed by atoms with Gasteiger partial charge in [-0.2, -0.15) is 4.72 Å². The maximum atomic E-state index is 12.9. The summed E-state index contributed by atoms with van der Waals surface area (Å²) in [6.45, 7) is 2.67. The highest BCUT2D eigenvalue weighted by Gasteiger charge is 2.31. The lowest BCUT2D eigenvalue weighted by Gasteiger charge is -2.33. The average molecular weight is 414 g/mol. The number of fused-ring (bicyclic) bond motifs is 1. The van der Waals surface area contributed by atoms with Gasteiger partial charge >= 0.3 is 0 Å². The molecule has 1 saturated heterocycles. The minimum absolute atomic E-state index is 0.0584. The number of piperidine rings is 1. The van der Waals surface area contributed by atoms with Crippen LogP contribution in [0, 0.1) is 0 Å². The lowest BCUT2D eigenvalue weighted by atomic mass is 9.96. The SMILES string of the molecule is C[C@@H](NS(=O)(=O)c1ccccc1)C(=O)N1CCC[C@@H](c2nnc3ccccn23)C1. The molecule has 1 aliphatic heterocycles. The molecule has 0 unspecified atom stereocenters. The van der Waals surface area contributed by atoms with Crippen LogP contribution in [0.2, 0.25) is 0 Å². The molecule has 4 rings (SSSR count). The van der Waals surface area contributed by atoms with Gasteiger partial charge < -0.3 is 4.90 Å². The van der Waals surface area contributed by atoms with Crippen molar-refractivity contribution in [1.29, 1.82) is 0 Å². The molecule has 3 heterocycles. The van der Waals surface area contributed by atoms with Gasteiger partial charge in [0.1, 0.15) is 5.82 Å². The number of hydrogen-bond donors (Lipinski definition) is 1. The van der Waals surface area contributed by atoms with Crippen LogP contribution in [0.1, 0.15) is 31.5 Å². The molecule has 3 aromatic rings. The van der Waals surface area contributed by atoms with E-state index in [1.165, 1.54) is 12.1 Å². The summed E-state index contributed by atoms with van der Waals surface area (Å²) in [6, 6.07) is 12.9. The van der Waals surface area contributed by atoms with E-state index in [-0.39, 0.29) is 16.7 Å². The zero-order chi connectivity index (χ0) is 20.4. The molecule has 8 nitrogen and oxygen atoms in total. The van der Waals surface area contributed by atoms with Gasteiger partial charge in [-0.05, 0) is 44.0 Å². The molecule has 0 bridgehead atoms. The van der Waals surface area contributed by atoms with Gasteiger partial charge in [-0.25, -0.2) is 8.42 Å². The standard InChI is InChI=1S/C20H23N5O3S/c1-15(23-29(27,28)17-9-3-2-4-10-17)20(26)24-12-7-8-16(14-24)19-22-21-18-11-5-6-13-25(18)19/h2-6,9-11,13,15-16,23H,7-8,12,14H2,1H3/t15-,16-/m1/s1. The number of rotatable bonds is 5. The topological polar surface area (TPSA) is 96.7 Å². The number of nitrogens with one attached hydrogen (secondary N) is 1. The molecular weight excluding hydrogens is 390 g/mol. The Bertz CT molecular complexity index is 1110. The third kappa shape index (κ3) is 4.01. The van der Waals surface area contributed by atoms with Crippen LogP contribution in [0.25, 0.3) is 5.65 Å². The molecule has 152 valence electrons. The van der Waals surface area contributed by atoms with Crippen LogP contribution in [-0.4, -0.2) is 53.0 Å². The highest BCUT2D eigenvalue weighted by atomic mass is 32.2. The zero-order valence-corrected chi connectivity index (χ0v) is 16.9. The second kappa shape index (κ2) is 7.92. The van der Waals surface area contributed by atoms with Gasteiger partial charge in [0, 0.05) is 25.2 Å². The third-order valence-electron chi connectivity index (χ3n) is 5.19. The number of benzene rings is 1. The second-order valence-corrected chi connectivity index (χ2v) is 8.98. The van der Waals surface area contributed by atoms with E-state index in [9.17, 15) is 13.2 Å². The quantitative estimate of drug-likeness (QED) is 0.688. The maximum Gasteiger partial charge on any atom is 0.241 e. The molecule has 1 amide bonds. The molecule has 1 fully saturated rings. The van der Waals surface area contributed by atoms with E-state index in [1.54, 1.807) is 30.0 Å². The van der Waals surface area contributed by atoms with Crippen molar-refractivity contribution in [2.24, 2.45) is 0 Å². The molecule has 0 spiro atoms. The number of hydrogen-bond acceptors (Lipinski definition) is 5. The summed E-state index contributed by atoms with van der Waals surface area (Å²) in [7, 11) is -3.75. The van der Waals surface area contributed by atoms with E-state index in [1.807, 2.05) is 28.8 Å². The number of likely N-dealkylation sites (tertiary alicyclic amines) is 1. The Balaban J connectivity index is 1.47. The van der Waals surface area contributed by atoms with Gasteiger partial charge in [0.05, 0.1) is 10.9 Å². The Morgan fingerprint density at radius 1 is 1.14 bits per heavy atom. The minimum Gasteiger partial charge on any atom is -0.341 e. The molecular formula is C20H23N5O3S. The van der Waals surface area contributed by atoms with E-state index in [4.69, 9.17) is 0 Å². The van der Waals surface area contributed by atoms with Gasteiger partial charge in [-0.3, -0.25) is 9.20 Å². The molecule has 1 aromatic carbocycles. The molecule has 2 aromatic heterocycles. The molecule has 2 atom stereocenters. The number of carbonyl (C=O) groups is 1. The molecule has 0 saturated carbocycles. The normalized spacial score (nSPS) is 18.7.